The van der Waals surface area contributed by atoms with E-state index < -0.39 is 0 Å². The molecular formula is C19H11N3O2S2. The Labute approximate surface area is 157 Å². The largest absolute Gasteiger partial charge is 0.290 e. The number of hydrogen-bond acceptors (Lipinski definition) is 6. The summed E-state index contributed by atoms with van der Waals surface area (Å²) in [5.41, 5.74) is 3.58. The minimum atomic E-state index is -0.376. The molecule has 0 spiro atoms. The number of pyridine rings is 1. The second-order valence-electron chi connectivity index (χ2n) is 5.72. The Kier molecular flexibility index (Phi) is 4.07. The van der Waals surface area contributed by atoms with Gasteiger partial charge in [-0.05, 0) is 60.2 Å². The van der Waals surface area contributed by atoms with Crippen LogP contribution in [0.5, 0.6) is 0 Å². The Morgan fingerprint density at radius 3 is 2.77 bits per heavy atom. The Balaban J connectivity index is 1.85. The monoisotopic (exact) mass is 377 g/mol. The number of nitrogens with one attached hydrogen (secondary N) is 1. The van der Waals surface area contributed by atoms with E-state index in [1.807, 2.05) is 37.3 Å². The highest BCUT2D eigenvalue weighted by atomic mass is 32.2. The molecule has 5 nitrogen and oxygen atoms in total. The molecule has 0 radical (unpaired) electrons. The number of aryl methyl sites for hydroxylation is 1. The number of carbonyl (C=O) groups excluding carboxylic acids is 2. The topological polar surface area (TPSA) is 82.8 Å². The van der Waals surface area contributed by atoms with Crippen molar-refractivity contribution in [3.05, 3.63) is 57.4 Å². The molecule has 1 aromatic carbocycles. The number of fused-ring (bicyclic) bond motifs is 1. The number of nitriles is 1. The molecule has 0 atom stereocenters. The molecule has 7 heteroatoms. The van der Waals surface area contributed by atoms with E-state index in [1.54, 1.807) is 12.3 Å². The van der Waals surface area contributed by atoms with Gasteiger partial charge in [0.25, 0.3) is 11.1 Å². The lowest BCUT2D eigenvalue weighted by atomic mass is 10.0. The highest BCUT2D eigenvalue weighted by molar-refractivity contribution is 8.18. The van der Waals surface area contributed by atoms with Crippen molar-refractivity contribution >= 4 is 51.2 Å². The van der Waals surface area contributed by atoms with Crippen LogP contribution in [0.15, 0.2) is 41.4 Å². The number of hydrogen-bond donors (Lipinski definition) is 1. The third kappa shape index (κ3) is 2.90. The maximum Gasteiger partial charge on any atom is 0.290 e. The highest BCUT2D eigenvalue weighted by Crippen LogP contribution is 2.35. The van der Waals surface area contributed by atoms with Crippen LogP contribution in [0.4, 0.5) is 4.79 Å². The number of carbonyl (C=O) groups is 2. The van der Waals surface area contributed by atoms with E-state index in [2.05, 4.69) is 16.4 Å². The van der Waals surface area contributed by atoms with Gasteiger partial charge < -0.3 is 0 Å². The van der Waals surface area contributed by atoms with Crippen molar-refractivity contribution in [1.29, 1.82) is 5.26 Å². The smallest absolute Gasteiger partial charge is 0.282 e. The minimum Gasteiger partial charge on any atom is -0.282 e. The van der Waals surface area contributed by atoms with Crippen LogP contribution in [0.3, 0.4) is 0 Å². The third-order valence-electron chi connectivity index (χ3n) is 3.99. The standard InChI is InChI=1S/C19H11N3O2S2/c1-10-6-15(25-17(10)9-20)12-4-5-21-14-3-2-11(7-13(12)14)8-16-18(23)22-19(24)26-16/h2-8H,1H3,(H,22,23,24). The SMILES string of the molecule is Cc1cc(-c2ccnc3ccc(C=C4SC(=O)NC4=O)cc23)sc1C#N. The van der Waals surface area contributed by atoms with Crippen LogP contribution in [0.2, 0.25) is 0 Å². The van der Waals surface area contributed by atoms with E-state index in [9.17, 15) is 14.9 Å². The van der Waals surface area contributed by atoms with E-state index in [0.717, 1.165) is 44.2 Å². The zero-order valence-corrected chi connectivity index (χ0v) is 15.2. The number of thioether (sulfide) groups is 1. The lowest BCUT2D eigenvalue weighted by Crippen LogP contribution is -2.17. The molecule has 0 bridgehead atoms. The van der Waals surface area contributed by atoms with E-state index in [-0.39, 0.29) is 11.1 Å². The molecule has 1 aliphatic heterocycles. The molecule has 0 unspecified atom stereocenters. The van der Waals surface area contributed by atoms with Crippen molar-refractivity contribution in [3.63, 3.8) is 0 Å². The fraction of sp³-hybridized carbons (Fsp3) is 0.0526. The Morgan fingerprint density at radius 1 is 1.23 bits per heavy atom. The van der Waals surface area contributed by atoms with E-state index in [4.69, 9.17) is 0 Å². The third-order valence-corrected chi connectivity index (χ3v) is 5.98. The maximum atomic E-state index is 11.8. The molecule has 0 saturated carbocycles. The van der Waals surface area contributed by atoms with Gasteiger partial charge in [-0.2, -0.15) is 5.26 Å². The second kappa shape index (κ2) is 6.41. The van der Waals surface area contributed by atoms with Gasteiger partial charge in [0.1, 0.15) is 10.9 Å². The number of rotatable bonds is 2. The number of thiophene rings is 1. The first kappa shape index (κ1) is 16.5. The van der Waals surface area contributed by atoms with Gasteiger partial charge in [-0.3, -0.25) is 19.9 Å². The molecule has 0 aliphatic carbocycles. The van der Waals surface area contributed by atoms with Crippen molar-refractivity contribution in [3.8, 4) is 16.5 Å². The molecule has 1 N–H and O–H groups in total. The molecule has 4 rings (SSSR count). The average Bonchev–Trinajstić information content (AvgIpc) is 3.15. The normalized spacial score (nSPS) is 15.5. The zero-order valence-electron chi connectivity index (χ0n) is 13.6. The first-order valence-electron chi connectivity index (χ1n) is 7.69. The van der Waals surface area contributed by atoms with Gasteiger partial charge in [0.2, 0.25) is 0 Å². The average molecular weight is 377 g/mol. The minimum absolute atomic E-state index is 0.359. The molecule has 2 amide bonds. The van der Waals surface area contributed by atoms with Crippen LogP contribution >= 0.6 is 23.1 Å². The number of amides is 2. The Bertz CT molecular complexity index is 1160. The zero-order chi connectivity index (χ0) is 18.3. The molecule has 3 aromatic rings. The Morgan fingerprint density at radius 2 is 2.08 bits per heavy atom. The summed E-state index contributed by atoms with van der Waals surface area (Å²) in [4.78, 5) is 29.5. The summed E-state index contributed by atoms with van der Waals surface area (Å²) in [7, 11) is 0. The first-order valence-corrected chi connectivity index (χ1v) is 9.33. The lowest BCUT2D eigenvalue weighted by molar-refractivity contribution is -0.115. The van der Waals surface area contributed by atoms with Gasteiger partial charge in [0, 0.05) is 22.0 Å². The summed E-state index contributed by atoms with van der Waals surface area (Å²) < 4.78 is 0. The van der Waals surface area contributed by atoms with Gasteiger partial charge in [-0.25, -0.2) is 0 Å². The maximum absolute atomic E-state index is 11.8. The van der Waals surface area contributed by atoms with Gasteiger partial charge in [-0.15, -0.1) is 11.3 Å². The van der Waals surface area contributed by atoms with Crippen LogP contribution in [-0.4, -0.2) is 16.1 Å². The number of imide groups is 1. The van der Waals surface area contributed by atoms with Gasteiger partial charge in [0.05, 0.1) is 10.4 Å². The molecular weight excluding hydrogens is 366 g/mol. The van der Waals surface area contributed by atoms with Crippen LogP contribution in [-0.2, 0) is 4.79 Å². The fourth-order valence-corrected chi connectivity index (χ4v) is 4.46. The molecule has 126 valence electrons. The van der Waals surface area contributed by atoms with E-state index >= 15 is 0 Å². The van der Waals surface area contributed by atoms with E-state index in [1.165, 1.54) is 11.3 Å². The summed E-state index contributed by atoms with van der Waals surface area (Å²) in [6.07, 6.45) is 3.44. The van der Waals surface area contributed by atoms with Gasteiger partial charge in [0.15, 0.2) is 0 Å². The predicted octanol–water partition coefficient (Wildman–Crippen LogP) is 4.47. The summed E-state index contributed by atoms with van der Waals surface area (Å²) in [5, 5.41) is 12.0. The first-order chi connectivity index (χ1) is 12.5. The number of aromatic nitrogens is 1. The summed E-state index contributed by atoms with van der Waals surface area (Å²) in [6, 6.07) is 11.8. The van der Waals surface area contributed by atoms with Crippen molar-refractivity contribution in [2.24, 2.45) is 0 Å². The van der Waals surface area contributed by atoms with Crippen LogP contribution in [0, 0.1) is 18.3 Å². The van der Waals surface area contributed by atoms with Crippen LogP contribution < -0.4 is 5.32 Å². The summed E-state index contributed by atoms with van der Waals surface area (Å²) in [6.45, 7) is 1.92. The lowest BCUT2D eigenvalue weighted by Gasteiger charge is -2.05. The molecule has 1 saturated heterocycles. The second-order valence-corrected chi connectivity index (χ2v) is 7.79. The number of benzene rings is 1. The predicted molar refractivity (Wildman–Crippen MR) is 104 cm³/mol. The summed E-state index contributed by atoms with van der Waals surface area (Å²) in [5.74, 6) is -0.376. The van der Waals surface area contributed by atoms with Gasteiger partial charge >= 0.3 is 0 Å². The molecule has 2 aromatic heterocycles. The van der Waals surface area contributed by atoms with Crippen molar-refractivity contribution in [1.82, 2.24) is 10.3 Å². The molecule has 1 fully saturated rings. The molecule has 26 heavy (non-hydrogen) atoms. The molecule has 1 aliphatic rings. The highest BCUT2D eigenvalue weighted by Gasteiger charge is 2.25. The van der Waals surface area contributed by atoms with E-state index in [0.29, 0.717) is 9.78 Å². The Hall–Kier alpha value is -2.95. The van der Waals surface area contributed by atoms with Crippen molar-refractivity contribution < 1.29 is 9.59 Å². The number of nitrogens with zero attached hydrogens (tertiary/aromatic N) is 2. The fourth-order valence-electron chi connectivity index (χ4n) is 2.77. The molecule has 3 heterocycles. The van der Waals surface area contributed by atoms with Gasteiger partial charge in [-0.1, -0.05) is 6.07 Å². The quantitative estimate of drug-likeness (QED) is 0.666. The summed E-state index contributed by atoms with van der Waals surface area (Å²) >= 11 is 2.34. The van der Waals surface area contributed by atoms with Crippen LogP contribution in [0.25, 0.3) is 27.4 Å². The van der Waals surface area contributed by atoms with Crippen molar-refractivity contribution in [2.75, 3.05) is 0 Å². The van der Waals surface area contributed by atoms with Crippen molar-refractivity contribution in [2.45, 2.75) is 6.92 Å². The van der Waals surface area contributed by atoms with Crippen LogP contribution in [0.1, 0.15) is 16.0 Å².